The van der Waals surface area contributed by atoms with Gasteiger partial charge in [0, 0.05) is 6.04 Å². The lowest BCUT2D eigenvalue weighted by Gasteiger charge is -2.22. The van der Waals surface area contributed by atoms with Crippen molar-refractivity contribution in [3.05, 3.63) is 29.8 Å². The number of carboxylic acids is 1. The molecule has 1 aliphatic rings. The molecule has 0 bridgehead atoms. The van der Waals surface area contributed by atoms with Crippen LogP contribution in [0.2, 0.25) is 0 Å². The maximum atomic E-state index is 12.1. The summed E-state index contributed by atoms with van der Waals surface area (Å²) in [6, 6.07) is 4.10. The van der Waals surface area contributed by atoms with E-state index >= 15 is 0 Å². The van der Waals surface area contributed by atoms with E-state index in [1.54, 1.807) is 0 Å². The quantitative estimate of drug-likeness (QED) is 0.815. The zero-order valence-electron chi connectivity index (χ0n) is 11.0. The lowest BCUT2D eigenvalue weighted by molar-refractivity contribution is 0.0696. The first-order chi connectivity index (χ1) is 9.70. The molecule has 1 aliphatic heterocycles. The summed E-state index contributed by atoms with van der Waals surface area (Å²) in [6.45, 7) is 0. The molecule has 0 amide bonds. The molecule has 0 saturated carbocycles. The predicted molar refractivity (Wildman–Crippen MR) is 75.4 cm³/mol. The molecule has 1 heterocycles. The van der Waals surface area contributed by atoms with Crippen LogP contribution in [0.1, 0.15) is 23.2 Å². The summed E-state index contributed by atoms with van der Waals surface area (Å²) in [5.74, 6) is -1.27. The summed E-state index contributed by atoms with van der Waals surface area (Å²) in [5, 5.41) is 8.77. The highest BCUT2D eigenvalue weighted by atomic mass is 32.2. The van der Waals surface area contributed by atoms with Crippen molar-refractivity contribution in [2.75, 3.05) is 11.5 Å². The fourth-order valence-electron chi connectivity index (χ4n) is 2.18. The van der Waals surface area contributed by atoms with Crippen molar-refractivity contribution in [1.82, 2.24) is 4.72 Å². The highest BCUT2D eigenvalue weighted by Crippen LogP contribution is 2.16. The third kappa shape index (κ3) is 4.02. The van der Waals surface area contributed by atoms with Gasteiger partial charge in [-0.3, -0.25) is 0 Å². The van der Waals surface area contributed by atoms with Crippen molar-refractivity contribution in [2.24, 2.45) is 0 Å². The van der Waals surface area contributed by atoms with Gasteiger partial charge in [-0.05, 0) is 37.1 Å². The minimum absolute atomic E-state index is 0.0193. The fraction of sp³-hybridized carbons (Fsp3) is 0.417. The van der Waals surface area contributed by atoms with E-state index in [-0.39, 0.29) is 22.0 Å². The molecule has 116 valence electrons. The van der Waals surface area contributed by atoms with Crippen molar-refractivity contribution in [2.45, 2.75) is 23.8 Å². The van der Waals surface area contributed by atoms with Crippen LogP contribution in [0, 0.1) is 0 Å². The van der Waals surface area contributed by atoms with Gasteiger partial charge < -0.3 is 5.11 Å². The molecule has 9 heteroatoms. The second kappa shape index (κ2) is 5.74. The van der Waals surface area contributed by atoms with Gasteiger partial charge in [-0.25, -0.2) is 26.4 Å². The molecule has 1 unspecified atom stereocenters. The van der Waals surface area contributed by atoms with E-state index in [1.807, 2.05) is 0 Å². The number of carboxylic acid groups (broad SMARTS) is 1. The monoisotopic (exact) mass is 333 g/mol. The normalized spacial score (nSPS) is 21.8. The van der Waals surface area contributed by atoms with E-state index in [9.17, 15) is 21.6 Å². The zero-order chi connectivity index (χ0) is 15.7. The molecule has 7 nitrogen and oxygen atoms in total. The Morgan fingerprint density at radius 3 is 2.38 bits per heavy atom. The third-order valence-corrected chi connectivity index (χ3v) is 6.55. The Morgan fingerprint density at radius 2 is 1.86 bits per heavy atom. The standard InChI is InChI=1S/C12H15NO6S2/c14-12(15)9-3-5-11(6-4-9)21(18,19)13-10-2-1-7-20(16,17)8-10/h3-6,10,13H,1-2,7-8H2,(H,14,15). The van der Waals surface area contributed by atoms with Gasteiger partial charge >= 0.3 is 5.97 Å². The molecule has 1 saturated heterocycles. The molecule has 1 aromatic rings. The van der Waals surface area contributed by atoms with E-state index in [0.29, 0.717) is 12.8 Å². The number of hydrogen-bond acceptors (Lipinski definition) is 5. The smallest absolute Gasteiger partial charge is 0.335 e. The lowest BCUT2D eigenvalue weighted by Crippen LogP contribution is -2.43. The molecule has 2 rings (SSSR count). The van der Waals surface area contributed by atoms with Crippen LogP contribution in [-0.4, -0.2) is 45.5 Å². The molecule has 1 aromatic carbocycles. The first kappa shape index (κ1) is 15.9. The van der Waals surface area contributed by atoms with Crippen LogP contribution in [0.4, 0.5) is 0 Å². The second-order valence-corrected chi connectivity index (χ2v) is 8.85. The van der Waals surface area contributed by atoms with Gasteiger partial charge in [-0.15, -0.1) is 0 Å². The summed E-state index contributed by atoms with van der Waals surface area (Å²) in [7, 11) is -7.07. The highest BCUT2D eigenvalue weighted by Gasteiger charge is 2.28. The molecule has 1 atom stereocenters. The number of sulfone groups is 1. The Hall–Kier alpha value is -1.45. The second-order valence-electron chi connectivity index (χ2n) is 4.90. The topological polar surface area (TPSA) is 118 Å². The van der Waals surface area contributed by atoms with Crippen molar-refractivity contribution in [3.8, 4) is 0 Å². The van der Waals surface area contributed by atoms with Gasteiger partial charge in [-0.1, -0.05) is 0 Å². The Morgan fingerprint density at radius 1 is 1.24 bits per heavy atom. The molecule has 0 spiro atoms. The van der Waals surface area contributed by atoms with Crippen molar-refractivity contribution >= 4 is 25.8 Å². The number of benzene rings is 1. The summed E-state index contributed by atoms with van der Waals surface area (Å²) in [4.78, 5) is 10.6. The van der Waals surface area contributed by atoms with Gasteiger partial charge in [-0.2, -0.15) is 0 Å². The summed E-state index contributed by atoms with van der Waals surface area (Å²) < 4.78 is 49.6. The summed E-state index contributed by atoms with van der Waals surface area (Å²) in [5.41, 5.74) is -0.0193. The molecule has 2 N–H and O–H groups in total. The van der Waals surface area contributed by atoms with E-state index in [0.717, 1.165) is 0 Å². The maximum Gasteiger partial charge on any atom is 0.335 e. The fourth-order valence-corrected chi connectivity index (χ4v) is 5.19. The van der Waals surface area contributed by atoms with E-state index in [1.165, 1.54) is 24.3 Å². The van der Waals surface area contributed by atoms with Crippen molar-refractivity contribution in [1.29, 1.82) is 0 Å². The molecule has 21 heavy (non-hydrogen) atoms. The van der Waals surface area contributed by atoms with E-state index in [2.05, 4.69) is 4.72 Å². The minimum atomic E-state index is -3.86. The van der Waals surface area contributed by atoms with Crippen LogP contribution in [0.15, 0.2) is 29.2 Å². The first-order valence-corrected chi connectivity index (χ1v) is 9.56. The number of aromatic carboxylic acids is 1. The van der Waals surface area contributed by atoms with Crippen LogP contribution >= 0.6 is 0 Å². The Kier molecular flexibility index (Phi) is 4.35. The first-order valence-electron chi connectivity index (χ1n) is 6.26. The van der Waals surface area contributed by atoms with E-state index < -0.39 is 31.9 Å². The Balaban J connectivity index is 2.16. The van der Waals surface area contributed by atoms with Gasteiger partial charge in [0.15, 0.2) is 9.84 Å². The Labute approximate surface area is 123 Å². The van der Waals surface area contributed by atoms with Crippen LogP contribution in [0.3, 0.4) is 0 Å². The summed E-state index contributed by atoms with van der Waals surface area (Å²) >= 11 is 0. The van der Waals surface area contributed by atoms with E-state index in [4.69, 9.17) is 5.11 Å². The largest absolute Gasteiger partial charge is 0.478 e. The van der Waals surface area contributed by atoms with Gasteiger partial charge in [0.1, 0.15) is 0 Å². The molecule has 0 radical (unpaired) electrons. The molecule has 1 fully saturated rings. The number of carbonyl (C=O) groups is 1. The minimum Gasteiger partial charge on any atom is -0.478 e. The Bertz CT molecular complexity index is 736. The number of sulfonamides is 1. The highest BCUT2D eigenvalue weighted by molar-refractivity contribution is 7.91. The number of rotatable bonds is 4. The van der Waals surface area contributed by atoms with Crippen LogP contribution in [0.5, 0.6) is 0 Å². The molecule has 0 aromatic heterocycles. The number of hydrogen-bond donors (Lipinski definition) is 2. The van der Waals surface area contributed by atoms with Crippen LogP contribution in [-0.2, 0) is 19.9 Å². The molecular weight excluding hydrogens is 318 g/mol. The van der Waals surface area contributed by atoms with Crippen LogP contribution < -0.4 is 4.72 Å². The SMILES string of the molecule is O=C(O)c1ccc(S(=O)(=O)NC2CCCS(=O)(=O)C2)cc1. The third-order valence-electron chi connectivity index (χ3n) is 3.20. The maximum absolute atomic E-state index is 12.1. The summed E-state index contributed by atoms with van der Waals surface area (Å²) in [6.07, 6.45) is 0.888. The van der Waals surface area contributed by atoms with Crippen LogP contribution in [0.25, 0.3) is 0 Å². The number of nitrogens with one attached hydrogen (secondary N) is 1. The predicted octanol–water partition coefficient (Wildman–Crippen LogP) is 0.240. The average Bonchev–Trinajstić information content (AvgIpc) is 2.37. The van der Waals surface area contributed by atoms with Gasteiger partial charge in [0.05, 0.1) is 22.0 Å². The molecular formula is C12H15NO6S2. The average molecular weight is 333 g/mol. The van der Waals surface area contributed by atoms with Gasteiger partial charge in [0.2, 0.25) is 10.0 Å². The molecule has 0 aliphatic carbocycles. The van der Waals surface area contributed by atoms with Crippen molar-refractivity contribution < 1.29 is 26.7 Å². The lowest BCUT2D eigenvalue weighted by atomic mass is 10.2. The van der Waals surface area contributed by atoms with Gasteiger partial charge in [0.25, 0.3) is 0 Å². The zero-order valence-corrected chi connectivity index (χ0v) is 12.7. The van der Waals surface area contributed by atoms with Crippen molar-refractivity contribution in [3.63, 3.8) is 0 Å².